The summed E-state index contributed by atoms with van der Waals surface area (Å²) in [5.41, 5.74) is 2.14. The molecule has 0 N–H and O–H groups in total. The number of fused-ring (bicyclic) bond motifs is 1. The zero-order chi connectivity index (χ0) is 18.8. The summed E-state index contributed by atoms with van der Waals surface area (Å²) < 4.78 is 10.6. The van der Waals surface area contributed by atoms with E-state index in [9.17, 15) is 4.79 Å². The number of hydrogen-bond donors (Lipinski definition) is 0. The predicted octanol–water partition coefficient (Wildman–Crippen LogP) is 3.68. The maximum absolute atomic E-state index is 12.0. The van der Waals surface area contributed by atoms with Crippen LogP contribution in [0.4, 0.5) is 5.82 Å². The van der Waals surface area contributed by atoms with E-state index in [1.807, 2.05) is 19.9 Å². The Labute approximate surface area is 161 Å². The summed E-state index contributed by atoms with van der Waals surface area (Å²) in [7, 11) is 0. The van der Waals surface area contributed by atoms with Crippen molar-refractivity contribution >= 4 is 33.9 Å². The molecule has 0 amide bonds. The van der Waals surface area contributed by atoms with Crippen molar-refractivity contribution in [1.82, 2.24) is 10.2 Å². The SMILES string of the molecule is CCOC(=O)c1cc(C)c(-c2ccc3c(N4CCOCC4)nncc3c2)s1. The van der Waals surface area contributed by atoms with Gasteiger partial charge in [0.2, 0.25) is 0 Å². The van der Waals surface area contributed by atoms with Gasteiger partial charge in [-0.05, 0) is 43.2 Å². The van der Waals surface area contributed by atoms with E-state index in [1.54, 1.807) is 6.20 Å². The Morgan fingerprint density at radius 2 is 2.11 bits per heavy atom. The fraction of sp³-hybridized carbons (Fsp3) is 0.350. The number of hydrogen-bond acceptors (Lipinski definition) is 7. The molecule has 0 spiro atoms. The molecule has 0 bridgehead atoms. The minimum absolute atomic E-state index is 0.266. The first-order valence-electron chi connectivity index (χ1n) is 9.03. The number of aryl methyl sites for hydroxylation is 1. The summed E-state index contributed by atoms with van der Waals surface area (Å²) in [6.45, 7) is 7.27. The van der Waals surface area contributed by atoms with E-state index in [2.05, 4.69) is 33.3 Å². The van der Waals surface area contributed by atoms with Crippen LogP contribution in [0.25, 0.3) is 21.2 Å². The van der Waals surface area contributed by atoms with E-state index in [0.29, 0.717) is 24.7 Å². The Morgan fingerprint density at radius 3 is 2.89 bits per heavy atom. The molecular weight excluding hydrogens is 362 g/mol. The van der Waals surface area contributed by atoms with Gasteiger partial charge in [-0.1, -0.05) is 6.07 Å². The van der Waals surface area contributed by atoms with Crippen LogP contribution in [0.5, 0.6) is 0 Å². The maximum atomic E-state index is 12.0. The lowest BCUT2D eigenvalue weighted by atomic mass is 10.1. The molecule has 3 aromatic rings. The first-order valence-corrected chi connectivity index (χ1v) is 9.85. The van der Waals surface area contributed by atoms with Gasteiger partial charge < -0.3 is 14.4 Å². The van der Waals surface area contributed by atoms with Crippen molar-refractivity contribution in [3.63, 3.8) is 0 Å². The molecule has 1 aromatic carbocycles. The fourth-order valence-electron chi connectivity index (χ4n) is 3.29. The van der Waals surface area contributed by atoms with Crippen molar-refractivity contribution in [2.24, 2.45) is 0 Å². The predicted molar refractivity (Wildman–Crippen MR) is 107 cm³/mol. The lowest BCUT2D eigenvalue weighted by Gasteiger charge is -2.28. The van der Waals surface area contributed by atoms with Crippen LogP contribution in [0.15, 0.2) is 30.5 Å². The molecule has 0 unspecified atom stereocenters. The van der Waals surface area contributed by atoms with Gasteiger partial charge in [-0.15, -0.1) is 16.4 Å². The number of esters is 1. The molecule has 1 aliphatic heterocycles. The van der Waals surface area contributed by atoms with Gasteiger partial charge in [0.15, 0.2) is 5.82 Å². The lowest BCUT2D eigenvalue weighted by molar-refractivity contribution is 0.0532. The van der Waals surface area contributed by atoms with E-state index in [0.717, 1.165) is 45.7 Å². The van der Waals surface area contributed by atoms with Crippen LogP contribution in [0.1, 0.15) is 22.2 Å². The summed E-state index contributed by atoms with van der Waals surface area (Å²) in [5.74, 6) is 0.635. The van der Waals surface area contributed by atoms with Crippen LogP contribution in [-0.4, -0.2) is 49.1 Å². The number of carbonyl (C=O) groups excluding carboxylic acids is 1. The monoisotopic (exact) mass is 383 g/mol. The van der Waals surface area contributed by atoms with Crippen LogP contribution in [0.3, 0.4) is 0 Å². The van der Waals surface area contributed by atoms with Crippen molar-refractivity contribution in [3.8, 4) is 10.4 Å². The molecule has 0 saturated carbocycles. The van der Waals surface area contributed by atoms with Crippen molar-refractivity contribution < 1.29 is 14.3 Å². The zero-order valence-electron chi connectivity index (χ0n) is 15.4. The summed E-state index contributed by atoms with van der Waals surface area (Å²) in [4.78, 5) is 15.9. The van der Waals surface area contributed by atoms with Crippen LogP contribution < -0.4 is 4.90 Å². The highest BCUT2D eigenvalue weighted by atomic mass is 32.1. The van der Waals surface area contributed by atoms with E-state index in [4.69, 9.17) is 9.47 Å². The fourth-order valence-corrected chi connectivity index (χ4v) is 4.36. The lowest BCUT2D eigenvalue weighted by Crippen LogP contribution is -2.37. The van der Waals surface area contributed by atoms with Gasteiger partial charge in [0.1, 0.15) is 4.88 Å². The topological polar surface area (TPSA) is 64.5 Å². The van der Waals surface area contributed by atoms with E-state index < -0.39 is 0 Å². The molecule has 6 nitrogen and oxygen atoms in total. The Morgan fingerprint density at radius 1 is 1.30 bits per heavy atom. The molecule has 0 radical (unpaired) electrons. The smallest absolute Gasteiger partial charge is 0.348 e. The molecule has 27 heavy (non-hydrogen) atoms. The molecule has 3 heterocycles. The van der Waals surface area contributed by atoms with Gasteiger partial charge in [-0.25, -0.2) is 4.79 Å². The minimum Gasteiger partial charge on any atom is -0.462 e. The third kappa shape index (κ3) is 3.52. The highest BCUT2D eigenvalue weighted by Gasteiger charge is 2.18. The summed E-state index contributed by atoms with van der Waals surface area (Å²) in [6.07, 6.45) is 1.79. The number of morpholine rings is 1. The first kappa shape index (κ1) is 17.9. The van der Waals surface area contributed by atoms with Crippen LogP contribution in [0.2, 0.25) is 0 Å². The second-order valence-electron chi connectivity index (χ2n) is 6.41. The quantitative estimate of drug-likeness (QED) is 0.641. The summed E-state index contributed by atoms with van der Waals surface area (Å²) in [6, 6.07) is 8.18. The van der Waals surface area contributed by atoms with E-state index >= 15 is 0 Å². The number of benzene rings is 1. The number of anilines is 1. The Bertz CT molecular complexity index is 980. The molecule has 1 saturated heterocycles. The van der Waals surface area contributed by atoms with Crippen molar-refractivity contribution in [3.05, 3.63) is 40.9 Å². The second kappa shape index (κ2) is 7.62. The van der Waals surface area contributed by atoms with E-state index in [-0.39, 0.29) is 5.97 Å². The van der Waals surface area contributed by atoms with Gasteiger partial charge in [-0.2, -0.15) is 5.10 Å². The van der Waals surface area contributed by atoms with Gasteiger partial charge in [0, 0.05) is 28.7 Å². The first-order chi connectivity index (χ1) is 13.2. The number of rotatable bonds is 4. The summed E-state index contributed by atoms with van der Waals surface area (Å²) in [5, 5.41) is 10.7. The molecule has 1 aliphatic rings. The Kier molecular flexibility index (Phi) is 5.05. The van der Waals surface area contributed by atoms with Gasteiger partial charge in [-0.3, -0.25) is 0 Å². The number of thiophene rings is 1. The molecule has 7 heteroatoms. The summed E-state index contributed by atoms with van der Waals surface area (Å²) >= 11 is 1.46. The third-order valence-corrected chi connectivity index (χ3v) is 5.88. The second-order valence-corrected chi connectivity index (χ2v) is 7.47. The maximum Gasteiger partial charge on any atom is 0.348 e. The standard InChI is InChI=1S/C20H21N3O3S/c1-3-26-20(24)17-10-13(2)18(27-17)14-4-5-16-15(11-14)12-21-22-19(16)23-6-8-25-9-7-23/h4-5,10-12H,3,6-9H2,1-2H3. The molecule has 0 aliphatic carbocycles. The zero-order valence-corrected chi connectivity index (χ0v) is 16.2. The molecule has 2 aromatic heterocycles. The van der Waals surface area contributed by atoms with Crippen LogP contribution in [0, 0.1) is 6.92 Å². The molecule has 1 fully saturated rings. The highest BCUT2D eigenvalue weighted by Crippen LogP contribution is 2.35. The number of ether oxygens (including phenoxy) is 2. The number of aromatic nitrogens is 2. The number of carbonyl (C=O) groups is 1. The van der Waals surface area contributed by atoms with Gasteiger partial charge >= 0.3 is 5.97 Å². The van der Waals surface area contributed by atoms with Crippen LogP contribution in [-0.2, 0) is 9.47 Å². The molecule has 0 atom stereocenters. The minimum atomic E-state index is -0.266. The van der Waals surface area contributed by atoms with Crippen molar-refractivity contribution in [1.29, 1.82) is 0 Å². The van der Waals surface area contributed by atoms with E-state index in [1.165, 1.54) is 11.3 Å². The molecular formula is C20H21N3O3S. The largest absolute Gasteiger partial charge is 0.462 e. The normalized spacial score (nSPS) is 14.5. The highest BCUT2D eigenvalue weighted by molar-refractivity contribution is 7.17. The average molecular weight is 383 g/mol. The Balaban J connectivity index is 1.71. The van der Waals surface area contributed by atoms with Crippen LogP contribution >= 0.6 is 11.3 Å². The van der Waals surface area contributed by atoms with Gasteiger partial charge in [0.25, 0.3) is 0 Å². The molecule has 4 rings (SSSR count). The third-order valence-electron chi connectivity index (χ3n) is 4.61. The number of nitrogens with zero attached hydrogens (tertiary/aromatic N) is 3. The van der Waals surface area contributed by atoms with Crippen molar-refractivity contribution in [2.45, 2.75) is 13.8 Å². The van der Waals surface area contributed by atoms with Gasteiger partial charge in [0.05, 0.1) is 26.0 Å². The average Bonchev–Trinajstić information content (AvgIpc) is 3.10. The molecule has 140 valence electrons. The Hall–Kier alpha value is -2.51. The van der Waals surface area contributed by atoms with Crippen molar-refractivity contribution in [2.75, 3.05) is 37.8 Å².